The Morgan fingerprint density at radius 1 is 1.08 bits per heavy atom. The predicted octanol–water partition coefficient (Wildman–Crippen LogP) is 5.34. The normalized spacial score (nSPS) is 10.9. The van der Waals surface area contributed by atoms with Gasteiger partial charge in [-0.25, -0.2) is 4.39 Å². The number of nitrogens with one attached hydrogen (secondary N) is 1. The molecule has 0 aliphatic carbocycles. The Kier molecular flexibility index (Phi) is 5.10. The molecule has 1 N–H and O–H groups in total. The van der Waals surface area contributed by atoms with Crippen LogP contribution < -0.4 is 5.32 Å². The Morgan fingerprint density at radius 3 is 2.62 bits per heavy atom. The van der Waals surface area contributed by atoms with E-state index in [4.69, 9.17) is 4.42 Å². The molecule has 2 aromatic carbocycles. The van der Waals surface area contributed by atoms with E-state index in [1.807, 2.05) is 59.0 Å². The molecule has 0 radical (unpaired) electrons. The standard InChI is InChI=1S/C19H13FINO2/c20-16-12-14(21)6-9-17(16)22-19(23)11-8-15-7-10-18(24-15)13-4-2-1-3-5-13/h1-12H,(H,22,23)/b11-8+. The van der Waals surface area contributed by atoms with Crippen molar-refractivity contribution in [1.29, 1.82) is 0 Å². The monoisotopic (exact) mass is 433 g/mol. The number of carbonyl (C=O) groups is 1. The van der Waals surface area contributed by atoms with Crippen LogP contribution in [0.15, 0.2) is 71.2 Å². The number of benzene rings is 2. The van der Waals surface area contributed by atoms with E-state index in [0.717, 1.165) is 14.9 Å². The maximum atomic E-state index is 13.7. The molecular weight excluding hydrogens is 420 g/mol. The highest BCUT2D eigenvalue weighted by Gasteiger charge is 2.06. The third kappa shape index (κ3) is 4.11. The Balaban J connectivity index is 1.67. The fraction of sp³-hybridized carbons (Fsp3) is 0. The van der Waals surface area contributed by atoms with Crippen LogP contribution in [0, 0.1) is 9.39 Å². The molecule has 0 bridgehead atoms. The number of hydrogen-bond acceptors (Lipinski definition) is 2. The molecule has 3 rings (SSSR count). The molecular formula is C19H13FINO2. The van der Waals surface area contributed by atoms with E-state index in [0.29, 0.717) is 5.76 Å². The summed E-state index contributed by atoms with van der Waals surface area (Å²) in [6.45, 7) is 0. The summed E-state index contributed by atoms with van der Waals surface area (Å²) < 4.78 is 20.1. The molecule has 1 heterocycles. The number of anilines is 1. The highest BCUT2D eigenvalue weighted by atomic mass is 127. The minimum Gasteiger partial charge on any atom is -0.457 e. The van der Waals surface area contributed by atoms with Gasteiger partial charge in [0, 0.05) is 15.2 Å². The fourth-order valence-corrected chi connectivity index (χ4v) is 2.58. The zero-order chi connectivity index (χ0) is 16.9. The van der Waals surface area contributed by atoms with Crippen molar-refractivity contribution in [2.24, 2.45) is 0 Å². The average molecular weight is 433 g/mol. The van der Waals surface area contributed by atoms with E-state index in [-0.39, 0.29) is 5.69 Å². The Hall–Kier alpha value is -2.41. The van der Waals surface area contributed by atoms with Gasteiger partial charge in [-0.3, -0.25) is 4.79 Å². The Morgan fingerprint density at radius 2 is 1.88 bits per heavy atom. The first-order valence-corrected chi connectivity index (χ1v) is 8.29. The van der Waals surface area contributed by atoms with Crippen LogP contribution in [0.2, 0.25) is 0 Å². The van der Waals surface area contributed by atoms with Gasteiger partial charge in [-0.1, -0.05) is 30.3 Å². The van der Waals surface area contributed by atoms with Gasteiger partial charge in [0.1, 0.15) is 17.3 Å². The SMILES string of the molecule is O=C(/C=C/c1ccc(-c2ccccc2)o1)Nc1ccc(I)cc1F. The Labute approximate surface area is 152 Å². The molecule has 0 aliphatic rings. The molecule has 3 aromatic rings. The molecule has 1 aromatic heterocycles. The Bertz CT molecular complexity index is 887. The van der Waals surface area contributed by atoms with Gasteiger partial charge in [0.2, 0.25) is 5.91 Å². The highest BCUT2D eigenvalue weighted by molar-refractivity contribution is 14.1. The van der Waals surface area contributed by atoms with Crippen molar-refractivity contribution >= 4 is 40.3 Å². The van der Waals surface area contributed by atoms with Crippen molar-refractivity contribution in [2.75, 3.05) is 5.32 Å². The van der Waals surface area contributed by atoms with Crippen LogP contribution in [-0.2, 0) is 4.79 Å². The highest BCUT2D eigenvalue weighted by Crippen LogP contribution is 2.22. The van der Waals surface area contributed by atoms with E-state index in [1.54, 1.807) is 18.2 Å². The van der Waals surface area contributed by atoms with Gasteiger partial charge in [0.15, 0.2) is 0 Å². The zero-order valence-corrected chi connectivity index (χ0v) is 14.7. The third-order valence-corrected chi connectivity index (χ3v) is 3.94. The van der Waals surface area contributed by atoms with Crippen LogP contribution in [0.5, 0.6) is 0 Å². The summed E-state index contributed by atoms with van der Waals surface area (Å²) in [5.74, 6) is 0.382. The summed E-state index contributed by atoms with van der Waals surface area (Å²) in [7, 11) is 0. The van der Waals surface area contributed by atoms with Crippen molar-refractivity contribution in [3.8, 4) is 11.3 Å². The second-order valence-corrected chi connectivity index (χ2v) is 6.26. The smallest absolute Gasteiger partial charge is 0.248 e. The molecule has 0 aliphatic heterocycles. The number of carbonyl (C=O) groups excluding carboxylic acids is 1. The molecule has 0 spiro atoms. The van der Waals surface area contributed by atoms with Gasteiger partial charge < -0.3 is 9.73 Å². The minimum atomic E-state index is -0.465. The zero-order valence-electron chi connectivity index (χ0n) is 12.5. The fourth-order valence-electron chi connectivity index (χ4n) is 2.12. The molecule has 0 fully saturated rings. The molecule has 5 heteroatoms. The molecule has 0 saturated carbocycles. The van der Waals surface area contributed by atoms with Gasteiger partial charge in [-0.15, -0.1) is 0 Å². The molecule has 3 nitrogen and oxygen atoms in total. The van der Waals surface area contributed by atoms with Gasteiger partial charge >= 0.3 is 0 Å². The quantitative estimate of drug-likeness (QED) is 0.446. The second kappa shape index (κ2) is 7.44. The average Bonchev–Trinajstić information content (AvgIpc) is 3.05. The number of amides is 1. The summed E-state index contributed by atoms with van der Waals surface area (Å²) in [5.41, 5.74) is 1.11. The number of halogens is 2. The summed E-state index contributed by atoms with van der Waals surface area (Å²) in [5, 5.41) is 2.50. The third-order valence-electron chi connectivity index (χ3n) is 3.27. The van der Waals surface area contributed by atoms with Crippen molar-refractivity contribution in [2.45, 2.75) is 0 Å². The lowest BCUT2D eigenvalue weighted by molar-refractivity contribution is -0.111. The molecule has 120 valence electrons. The second-order valence-electron chi connectivity index (χ2n) is 5.01. The molecule has 0 atom stereocenters. The topological polar surface area (TPSA) is 42.2 Å². The lowest BCUT2D eigenvalue weighted by Gasteiger charge is -2.03. The summed E-state index contributed by atoms with van der Waals surface area (Å²) in [6.07, 6.45) is 2.86. The van der Waals surface area contributed by atoms with Crippen LogP contribution >= 0.6 is 22.6 Å². The molecule has 0 unspecified atom stereocenters. The van der Waals surface area contributed by atoms with Crippen LogP contribution in [-0.4, -0.2) is 5.91 Å². The first-order chi connectivity index (χ1) is 11.6. The van der Waals surface area contributed by atoms with Crippen LogP contribution in [0.4, 0.5) is 10.1 Å². The summed E-state index contributed by atoms with van der Waals surface area (Å²) in [4.78, 5) is 11.9. The van der Waals surface area contributed by atoms with Crippen LogP contribution in [0.3, 0.4) is 0 Å². The maximum absolute atomic E-state index is 13.7. The van der Waals surface area contributed by atoms with E-state index in [1.165, 1.54) is 18.2 Å². The van der Waals surface area contributed by atoms with Crippen molar-refractivity contribution in [3.05, 3.63) is 81.9 Å². The number of furan rings is 1. The first kappa shape index (κ1) is 16.4. The summed E-state index contributed by atoms with van der Waals surface area (Å²) >= 11 is 2.01. The van der Waals surface area contributed by atoms with Crippen LogP contribution in [0.25, 0.3) is 17.4 Å². The van der Waals surface area contributed by atoms with E-state index in [2.05, 4.69) is 5.32 Å². The molecule has 1 amide bonds. The largest absolute Gasteiger partial charge is 0.457 e. The molecule has 24 heavy (non-hydrogen) atoms. The van der Waals surface area contributed by atoms with Crippen LogP contribution in [0.1, 0.15) is 5.76 Å². The summed E-state index contributed by atoms with van der Waals surface area (Å²) in [6, 6.07) is 17.9. The van der Waals surface area contributed by atoms with Crippen molar-refractivity contribution in [1.82, 2.24) is 0 Å². The van der Waals surface area contributed by atoms with Gasteiger partial charge in [0.25, 0.3) is 0 Å². The molecule has 0 saturated heterocycles. The van der Waals surface area contributed by atoms with E-state index >= 15 is 0 Å². The van der Waals surface area contributed by atoms with Gasteiger partial charge in [0.05, 0.1) is 5.69 Å². The minimum absolute atomic E-state index is 0.148. The maximum Gasteiger partial charge on any atom is 0.248 e. The lowest BCUT2D eigenvalue weighted by Crippen LogP contribution is -2.09. The van der Waals surface area contributed by atoms with Gasteiger partial charge in [-0.2, -0.15) is 0 Å². The van der Waals surface area contributed by atoms with Crippen molar-refractivity contribution < 1.29 is 13.6 Å². The number of rotatable bonds is 4. The van der Waals surface area contributed by atoms with E-state index in [9.17, 15) is 9.18 Å². The van der Waals surface area contributed by atoms with Gasteiger partial charge in [-0.05, 0) is 59.0 Å². The van der Waals surface area contributed by atoms with E-state index < -0.39 is 11.7 Å². The van der Waals surface area contributed by atoms with Crippen molar-refractivity contribution in [3.63, 3.8) is 0 Å². The lowest BCUT2D eigenvalue weighted by atomic mass is 10.2. The predicted molar refractivity (Wildman–Crippen MR) is 101 cm³/mol. The first-order valence-electron chi connectivity index (χ1n) is 7.21. The number of hydrogen-bond donors (Lipinski definition) is 1.